The van der Waals surface area contributed by atoms with Crippen molar-refractivity contribution in [3.05, 3.63) is 29.0 Å². The average Bonchev–Trinajstić information content (AvgIpc) is 2.01. The summed E-state index contributed by atoms with van der Waals surface area (Å²) < 4.78 is 0. The van der Waals surface area contributed by atoms with Gasteiger partial charge in [0.1, 0.15) is 5.15 Å². The van der Waals surface area contributed by atoms with Gasteiger partial charge in [-0.3, -0.25) is 0 Å². The summed E-state index contributed by atoms with van der Waals surface area (Å²) in [5.74, 6) is 0. The fourth-order valence-electron chi connectivity index (χ4n) is 1.72. The third kappa shape index (κ3) is 2.01. The van der Waals surface area contributed by atoms with Crippen LogP contribution in [0.1, 0.15) is 25.0 Å². The molecule has 3 heteroatoms. The highest BCUT2D eigenvalue weighted by Crippen LogP contribution is 2.31. The lowest BCUT2D eigenvalue weighted by Crippen LogP contribution is -2.48. The first-order valence-electron chi connectivity index (χ1n) is 4.58. The lowest BCUT2D eigenvalue weighted by atomic mass is 9.74. The number of halogens is 1. The number of hydrogen-bond donors (Lipinski definition) is 1. The number of nitrogens with two attached hydrogens (primary N) is 1. The molecule has 0 aromatic carbocycles. The first-order chi connectivity index (χ1) is 6.18. The second-order valence-electron chi connectivity index (χ2n) is 3.84. The molecule has 70 valence electrons. The number of hydrogen-bond acceptors (Lipinski definition) is 2. The highest BCUT2D eigenvalue weighted by molar-refractivity contribution is 6.29. The maximum atomic E-state index is 6.10. The molecule has 0 radical (unpaired) electrons. The van der Waals surface area contributed by atoms with E-state index in [1.165, 1.54) is 6.42 Å². The van der Waals surface area contributed by atoms with E-state index < -0.39 is 0 Å². The molecule has 1 aliphatic carbocycles. The van der Waals surface area contributed by atoms with Crippen LogP contribution in [-0.2, 0) is 6.42 Å². The summed E-state index contributed by atoms with van der Waals surface area (Å²) in [5.41, 5.74) is 7.11. The SMILES string of the molecule is NC1(Cc2cccc(Cl)n2)CCC1. The monoisotopic (exact) mass is 196 g/mol. The summed E-state index contributed by atoms with van der Waals surface area (Å²) in [6.07, 6.45) is 4.33. The standard InChI is InChI=1S/C10H13ClN2/c11-9-4-1-3-8(13-9)7-10(12)5-2-6-10/h1,3-4H,2,5-7,12H2. The summed E-state index contributed by atoms with van der Waals surface area (Å²) in [5, 5.41) is 0.556. The molecule has 2 rings (SSSR count). The van der Waals surface area contributed by atoms with Crippen molar-refractivity contribution in [3.63, 3.8) is 0 Å². The lowest BCUT2D eigenvalue weighted by molar-refractivity contribution is 0.245. The van der Waals surface area contributed by atoms with Crippen LogP contribution in [0.3, 0.4) is 0 Å². The van der Waals surface area contributed by atoms with Crippen molar-refractivity contribution in [3.8, 4) is 0 Å². The number of rotatable bonds is 2. The molecule has 2 N–H and O–H groups in total. The van der Waals surface area contributed by atoms with E-state index in [0.717, 1.165) is 25.0 Å². The molecule has 1 aromatic heterocycles. The molecule has 1 heterocycles. The summed E-state index contributed by atoms with van der Waals surface area (Å²) in [6.45, 7) is 0. The maximum Gasteiger partial charge on any atom is 0.129 e. The van der Waals surface area contributed by atoms with Gasteiger partial charge in [0, 0.05) is 17.7 Å². The summed E-state index contributed by atoms with van der Waals surface area (Å²) in [7, 11) is 0. The Hall–Kier alpha value is -0.600. The topological polar surface area (TPSA) is 38.9 Å². The Morgan fingerprint density at radius 1 is 1.46 bits per heavy atom. The average molecular weight is 197 g/mol. The second kappa shape index (κ2) is 3.28. The zero-order chi connectivity index (χ0) is 9.31. The molecule has 1 aromatic rings. The third-order valence-corrected chi connectivity index (χ3v) is 2.87. The molecule has 0 atom stereocenters. The first-order valence-corrected chi connectivity index (χ1v) is 4.96. The number of pyridine rings is 1. The van der Waals surface area contributed by atoms with Gasteiger partial charge >= 0.3 is 0 Å². The zero-order valence-corrected chi connectivity index (χ0v) is 8.22. The van der Waals surface area contributed by atoms with E-state index in [1.54, 1.807) is 6.07 Å². The van der Waals surface area contributed by atoms with Crippen LogP contribution in [0.15, 0.2) is 18.2 Å². The largest absolute Gasteiger partial charge is 0.325 e. The van der Waals surface area contributed by atoms with E-state index in [1.807, 2.05) is 12.1 Å². The fourth-order valence-corrected chi connectivity index (χ4v) is 1.90. The van der Waals surface area contributed by atoms with Crippen LogP contribution in [-0.4, -0.2) is 10.5 Å². The van der Waals surface area contributed by atoms with Gasteiger partial charge in [0.05, 0.1) is 0 Å². The highest BCUT2D eigenvalue weighted by atomic mass is 35.5. The molecule has 1 fully saturated rings. The van der Waals surface area contributed by atoms with E-state index in [-0.39, 0.29) is 5.54 Å². The Morgan fingerprint density at radius 2 is 2.23 bits per heavy atom. The lowest BCUT2D eigenvalue weighted by Gasteiger charge is -2.37. The third-order valence-electron chi connectivity index (χ3n) is 2.66. The van der Waals surface area contributed by atoms with Crippen LogP contribution in [0.4, 0.5) is 0 Å². The van der Waals surface area contributed by atoms with Crippen LogP contribution in [0.5, 0.6) is 0 Å². The molecular weight excluding hydrogens is 184 g/mol. The van der Waals surface area contributed by atoms with Crippen molar-refractivity contribution in [2.45, 2.75) is 31.2 Å². The van der Waals surface area contributed by atoms with E-state index in [4.69, 9.17) is 17.3 Å². The van der Waals surface area contributed by atoms with Gasteiger partial charge in [-0.1, -0.05) is 17.7 Å². The highest BCUT2D eigenvalue weighted by Gasteiger charge is 2.32. The molecule has 0 bridgehead atoms. The van der Waals surface area contributed by atoms with Crippen LogP contribution in [0.25, 0.3) is 0 Å². The van der Waals surface area contributed by atoms with Crippen molar-refractivity contribution in [2.75, 3.05) is 0 Å². The predicted molar refractivity (Wildman–Crippen MR) is 53.7 cm³/mol. The molecule has 0 amide bonds. The Morgan fingerprint density at radius 3 is 2.77 bits per heavy atom. The van der Waals surface area contributed by atoms with E-state index >= 15 is 0 Å². The van der Waals surface area contributed by atoms with Crippen LogP contribution in [0, 0.1) is 0 Å². The molecule has 13 heavy (non-hydrogen) atoms. The Labute approximate surface area is 83.1 Å². The number of aromatic nitrogens is 1. The molecule has 1 aliphatic rings. The summed E-state index contributed by atoms with van der Waals surface area (Å²) >= 11 is 5.78. The van der Waals surface area contributed by atoms with Crippen molar-refractivity contribution in [2.24, 2.45) is 5.73 Å². The quantitative estimate of drug-likeness (QED) is 0.737. The van der Waals surface area contributed by atoms with E-state index in [2.05, 4.69) is 4.98 Å². The van der Waals surface area contributed by atoms with Crippen molar-refractivity contribution < 1.29 is 0 Å². The minimum absolute atomic E-state index is 0.00230. The van der Waals surface area contributed by atoms with Crippen molar-refractivity contribution in [1.29, 1.82) is 0 Å². The fraction of sp³-hybridized carbons (Fsp3) is 0.500. The molecule has 0 unspecified atom stereocenters. The first kappa shape index (κ1) is 8.97. The minimum atomic E-state index is -0.00230. The predicted octanol–water partition coefficient (Wildman–Crippen LogP) is 2.16. The summed E-state index contributed by atoms with van der Waals surface area (Å²) in [4.78, 5) is 4.23. The summed E-state index contributed by atoms with van der Waals surface area (Å²) in [6, 6.07) is 5.69. The van der Waals surface area contributed by atoms with Gasteiger partial charge < -0.3 is 5.73 Å². The van der Waals surface area contributed by atoms with Crippen molar-refractivity contribution >= 4 is 11.6 Å². The van der Waals surface area contributed by atoms with E-state index in [9.17, 15) is 0 Å². The minimum Gasteiger partial charge on any atom is -0.325 e. The second-order valence-corrected chi connectivity index (χ2v) is 4.23. The van der Waals surface area contributed by atoms with Crippen LogP contribution in [0.2, 0.25) is 5.15 Å². The van der Waals surface area contributed by atoms with E-state index in [0.29, 0.717) is 5.15 Å². The maximum absolute atomic E-state index is 6.10. The normalized spacial score (nSPS) is 19.5. The van der Waals surface area contributed by atoms with Crippen molar-refractivity contribution in [1.82, 2.24) is 4.98 Å². The molecule has 2 nitrogen and oxygen atoms in total. The molecule has 0 spiro atoms. The molecule has 0 saturated heterocycles. The van der Waals surface area contributed by atoms with Gasteiger partial charge in [-0.2, -0.15) is 0 Å². The molecule has 1 saturated carbocycles. The smallest absolute Gasteiger partial charge is 0.129 e. The van der Waals surface area contributed by atoms with Gasteiger partial charge in [-0.15, -0.1) is 0 Å². The van der Waals surface area contributed by atoms with Crippen LogP contribution < -0.4 is 5.73 Å². The number of nitrogens with zero attached hydrogens (tertiary/aromatic N) is 1. The van der Waals surface area contributed by atoms with Gasteiger partial charge in [-0.05, 0) is 31.4 Å². The van der Waals surface area contributed by atoms with Gasteiger partial charge in [-0.25, -0.2) is 4.98 Å². The molecular formula is C10H13ClN2. The Balaban J connectivity index is 2.09. The Bertz CT molecular complexity index is 308. The zero-order valence-electron chi connectivity index (χ0n) is 7.46. The molecule has 0 aliphatic heterocycles. The van der Waals surface area contributed by atoms with Crippen LogP contribution >= 0.6 is 11.6 Å². The van der Waals surface area contributed by atoms with Gasteiger partial charge in [0.2, 0.25) is 0 Å². The van der Waals surface area contributed by atoms with Gasteiger partial charge in [0.15, 0.2) is 0 Å². The van der Waals surface area contributed by atoms with Gasteiger partial charge in [0.25, 0.3) is 0 Å². The Kier molecular flexibility index (Phi) is 2.26.